The van der Waals surface area contributed by atoms with Crippen molar-refractivity contribution in [2.45, 2.75) is 13.0 Å². The molecule has 5 heteroatoms. The summed E-state index contributed by atoms with van der Waals surface area (Å²) in [7, 11) is 3.78. The molecule has 2 rings (SSSR count). The van der Waals surface area contributed by atoms with Crippen molar-refractivity contribution in [3.63, 3.8) is 0 Å². The van der Waals surface area contributed by atoms with Crippen LogP contribution in [0.3, 0.4) is 0 Å². The average molecular weight is 256 g/mol. The first kappa shape index (κ1) is 12.5. The number of hydrogen-bond donors (Lipinski definition) is 0. The maximum Gasteiger partial charge on any atom is 0.238 e. The lowest BCUT2D eigenvalue weighted by atomic mass is 10.2. The quantitative estimate of drug-likeness (QED) is 0.755. The molecule has 1 saturated heterocycles. The number of ether oxygens (including phenoxy) is 1. The SMILES string of the molecule is COc1nc(Cl)ccc1N1CCN(C)[C@H](C)C1. The summed E-state index contributed by atoms with van der Waals surface area (Å²) in [5.74, 6) is 0.606. The van der Waals surface area contributed by atoms with Gasteiger partial charge in [-0.3, -0.25) is 0 Å². The van der Waals surface area contributed by atoms with Gasteiger partial charge >= 0.3 is 0 Å². The second-order valence-electron chi connectivity index (χ2n) is 4.44. The molecular formula is C12H18ClN3O. The average Bonchev–Trinajstić information content (AvgIpc) is 2.32. The Balaban J connectivity index is 2.22. The predicted molar refractivity (Wildman–Crippen MR) is 70.1 cm³/mol. The van der Waals surface area contributed by atoms with Crippen LogP contribution < -0.4 is 9.64 Å². The summed E-state index contributed by atoms with van der Waals surface area (Å²) < 4.78 is 5.29. The summed E-state index contributed by atoms with van der Waals surface area (Å²) in [6, 6.07) is 4.32. The van der Waals surface area contributed by atoms with Gasteiger partial charge < -0.3 is 14.5 Å². The molecule has 94 valence electrons. The fourth-order valence-corrected chi connectivity index (χ4v) is 2.21. The Hall–Kier alpha value is -1.00. The molecule has 4 nitrogen and oxygen atoms in total. The number of aromatic nitrogens is 1. The Morgan fingerprint density at radius 1 is 1.41 bits per heavy atom. The first-order valence-electron chi connectivity index (χ1n) is 5.77. The van der Waals surface area contributed by atoms with E-state index in [2.05, 4.69) is 28.8 Å². The van der Waals surface area contributed by atoms with Gasteiger partial charge in [0.25, 0.3) is 0 Å². The van der Waals surface area contributed by atoms with Crippen LogP contribution in [0.1, 0.15) is 6.92 Å². The maximum absolute atomic E-state index is 5.87. The molecule has 0 bridgehead atoms. The normalized spacial score (nSPS) is 21.6. The van der Waals surface area contributed by atoms with Crippen molar-refractivity contribution in [2.75, 3.05) is 38.7 Å². The first-order chi connectivity index (χ1) is 8.11. The van der Waals surface area contributed by atoms with Crippen molar-refractivity contribution >= 4 is 17.3 Å². The second-order valence-corrected chi connectivity index (χ2v) is 4.83. The third-order valence-corrected chi connectivity index (χ3v) is 3.51. The molecule has 0 N–H and O–H groups in total. The topological polar surface area (TPSA) is 28.6 Å². The molecule has 2 heterocycles. The van der Waals surface area contributed by atoms with Crippen LogP contribution >= 0.6 is 11.6 Å². The van der Waals surface area contributed by atoms with E-state index in [1.807, 2.05) is 12.1 Å². The zero-order valence-corrected chi connectivity index (χ0v) is 11.2. The monoisotopic (exact) mass is 255 g/mol. The van der Waals surface area contributed by atoms with Crippen LogP contribution in [-0.2, 0) is 0 Å². The summed E-state index contributed by atoms with van der Waals surface area (Å²) in [4.78, 5) is 8.85. The molecule has 1 aromatic rings. The molecule has 0 unspecified atom stereocenters. The lowest BCUT2D eigenvalue weighted by Crippen LogP contribution is -2.50. The number of pyridine rings is 1. The van der Waals surface area contributed by atoms with Crippen LogP contribution in [-0.4, -0.2) is 49.7 Å². The highest BCUT2D eigenvalue weighted by atomic mass is 35.5. The van der Waals surface area contributed by atoms with Gasteiger partial charge in [-0.1, -0.05) is 11.6 Å². The minimum Gasteiger partial charge on any atom is -0.479 e. The maximum atomic E-state index is 5.87. The van der Waals surface area contributed by atoms with Gasteiger partial charge in [0.05, 0.1) is 7.11 Å². The van der Waals surface area contributed by atoms with Crippen molar-refractivity contribution in [3.05, 3.63) is 17.3 Å². The van der Waals surface area contributed by atoms with E-state index in [4.69, 9.17) is 16.3 Å². The number of methoxy groups -OCH3 is 1. The molecule has 1 atom stereocenters. The molecule has 1 aliphatic rings. The summed E-state index contributed by atoms with van der Waals surface area (Å²) in [6.45, 7) is 5.24. The molecule has 0 saturated carbocycles. The number of piperazine rings is 1. The van der Waals surface area contributed by atoms with Gasteiger partial charge in [-0.2, -0.15) is 4.98 Å². The molecule has 0 aromatic carbocycles. The summed E-state index contributed by atoms with van der Waals surface area (Å²) in [5.41, 5.74) is 1.02. The van der Waals surface area contributed by atoms with Crippen LogP contribution in [0.2, 0.25) is 5.15 Å². The minimum atomic E-state index is 0.466. The van der Waals surface area contributed by atoms with E-state index >= 15 is 0 Å². The number of halogens is 1. The molecule has 0 amide bonds. The molecule has 1 aliphatic heterocycles. The molecule has 0 aliphatic carbocycles. The number of hydrogen-bond acceptors (Lipinski definition) is 4. The van der Waals surface area contributed by atoms with E-state index in [0.717, 1.165) is 25.3 Å². The highest BCUT2D eigenvalue weighted by molar-refractivity contribution is 6.29. The Bertz CT molecular complexity index is 399. The number of nitrogens with zero attached hydrogens (tertiary/aromatic N) is 3. The van der Waals surface area contributed by atoms with Gasteiger partial charge in [0.15, 0.2) is 0 Å². The Labute approximate surface area is 107 Å². The highest BCUT2D eigenvalue weighted by Gasteiger charge is 2.23. The zero-order chi connectivity index (χ0) is 12.4. The standard InChI is InChI=1S/C12H18ClN3O/c1-9-8-16(7-6-15(9)2)10-4-5-11(13)14-12(10)17-3/h4-5,9H,6-8H2,1-3H3/t9-/m1/s1. The lowest BCUT2D eigenvalue weighted by Gasteiger charge is -2.39. The Morgan fingerprint density at radius 3 is 2.82 bits per heavy atom. The third kappa shape index (κ3) is 2.64. The van der Waals surface area contributed by atoms with Crippen molar-refractivity contribution < 1.29 is 4.74 Å². The molecule has 0 spiro atoms. The Morgan fingerprint density at radius 2 is 2.18 bits per heavy atom. The van der Waals surface area contributed by atoms with Crippen LogP contribution in [0.15, 0.2) is 12.1 Å². The van der Waals surface area contributed by atoms with E-state index in [9.17, 15) is 0 Å². The summed E-state index contributed by atoms with van der Waals surface area (Å²) in [5, 5.41) is 0.466. The van der Waals surface area contributed by atoms with Gasteiger partial charge in [-0.25, -0.2) is 0 Å². The van der Waals surface area contributed by atoms with Crippen molar-refractivity contribution in [1.82, 2.24) is 9.88 Å². The molecule has 1 fully saturated rings. The fourth-order valence-electron chi connectivity index (χ4n) is 2.07. The third-order valence-electron chi connectivity index (χ3n) is 3.30. The smallest absolute Gasteiger partial charge is 0.238 e. The fraction of sp³-hybridized carbons (Fsp3) is 0.583. The van der Waals surface area contributed by atoms with Gasteiger partial charge in [0.1, 0.15) is 10.8 Å². The van der Waals surface area contributed by atoms with E-state index in [1.165, 1.54) is 0 Å². The van der Waals surface area contributed by atoms with Gasteiger partial charge in [0.2, 0.25) is 5.88 Å². The highest BCUT2D eigenvalue weighted by Crippen LogP contribution is 2.29. The van der Waals surface area contributed by atoms with E-state index in [-0.39, 0.29) is 0 Å². The molecule has 1 aromatic heterocycles. The van der Waals surface area contributed by atoms with Crippen molar-refractivity contribution in [2.24, 2.45) is 0 Å². The zero-order valence-electron chi connectivity index (χ0n) is 10.5. The van der Waals surface area contributed by atoms with Crippen molar-refractivity contribution in [1.29, 1.82) is 0 Å². The number of likely N-dealkylation sites (N-methyl/N-ethyl adjacent to an activating group) is 1. The van der Waals surface area contributed by atoms with Crippen LogP contribution in [0.5, 0.6) is 5.88 Å². The molecule has 17 heavy (non-hydrogen) atoms. The largest absolute Gasteiger partial charge is 0.479 e. The molecule has 0 radical (unpaired) electrons. The van der Waals surface area contributed by atoms with Crippen LogP contribution in [0.4, 0.5) is 5.69 Å². The van der Waals surface area contributed by atoms with E-state index in [1.54, 1.807) is 7.11 Å². The van der Waals surface area contributed by atoms with Gasteiger partial charge in [-0.15, -0.1) is 0 Å². The Kier molecular flexibility index (Phi) is 3.74. The molecular weight excluding hydrogens is 238 g/mol. The van der Waals surface area contributed by atoms with E-state index < -0.39 is 0 Å². The predicted octanol–water partition coefficient (Wildman–Crippen LogP) is 1.88. The first-order valence-corrected chi connectivity index (χ1v) is 6.15. The van der Waals surface area contributed by atoms with Crippen molar-refractivity contribution in [3.8, 4) is 5.88 Å². The minimum absolute atomic E-state index is 0.466. The summed E-state index contributed by atoms with van der Waals surface area (Å²) >= 11 is 5.87. The number of rotatable bonds is 2. The lowest BCUT2D eigenvalue weighted by molar-refractivity contribution is 0.233. The van der Waals surface area contributed by atoms with E-state index in [0.29, 0.717) is 17.1 Å². The van der Waals surface area contributed by atoms with Crippen LogP contribution in [0.25, 0.3) is 0 Å². The second kappa shape index (κ2) is 5.10. The summed E-state index contributed by atoms with van der Waals surface area (Å²) in [6.07, 6.45) is 0. The van der Waals surface area contributed by atoms with Gasteiger partial charge in [0, 0.05) is 25.7 Å². The van der Waals surface area contributed by atoms with Gasteiger partial charge in [-0.05, 0) is 26.1 Å². The van der Waals surface area contributed by atoms with Crippen LogP contribution in [0, 0.1) is 0 Å². The number of anilines is 1.